The molecular weight excluding hydrogens is 364 g/mol. The van der Waals surface area contributed by atoms with Crippen LogP contribution in [0.5, 0.6) is 5.75 Å². The average Bonchev–Trinajstić information content (AvgIpc) is 3.37. The van der Waals surface area contributed by atoms with Crippen LogP contribution in [0.3, 0.4) is 0 Å². The van der Waals surface area contributed by atoms with Crippen LogP contribution >= 0.6 is 0 Å². The largest absolute Gasteiger partial charge is 0.508 e. The van der Waals surface area contributed by atoms with Crippen LogP contribution in [0.4, 0.5) is 0 Å². The molecular formula is C22H16N6O. The SMILES string of the molecule is Cc1ccc(O)c(C)c1-c1cnc2[nH]c(-c3cnc4nc[nH]c4c3)cc2c1C#N. The number of imidazole rings is 1. The van der Waals surface area contributed by atoms with Crippen molar-refractivity contribution in [3.8, 4) is 34.2 Å². The molecule has 4 aromatic heterocycles. The molecule has 0 bridgehead atoms. The second-order valence-electron chi connectivity index (χ2n) is 7.00. The first kappa shape index (κ1) is 17.0. The fraction of sp³-hybridized carbons (Fsp3) is 0.0909. The van der Waals surface area contributed by atoms with E-state index in [1.165, 1.54) is 0 Å². The number of H-pyrrole nitrogens is 2. The van der Waals surface area contributed by atoms with E-state index in [1.807, 2.05) is 32.0 Å². The fourth-order valence-corrected chi connectivity index (χ4v) is 3.77. The Morgan fingerprint density at radius 1 is 1.07 bits per heavy atom. The highest BCUT2D eigenvalue weighted by Gasteiger charge is 2.18. The number of nitrogens with zero attached hydrogens (tertiary/aromatic N) is 4. The standard InChI is InChI=1S/C22H16N6O/c1-11-3-4-19(29)12(2)20(11)16-9-25-21-14(15(16)7-23)6-17(28-21)13-5-18-22(24-8-13)27-10-26-18/h3-6,8-10,29H,1-2H3,(H,25,28)(H,24,26,27). The third-order valence-corrected chi connectivity index (χ3v) is 5.27. The number of aryl methyl sites for hydroxylation is 1. The van der Waals surface area contributed by atoms with Gasteiger partial charge in [0.25, 0.3) is 0 Å². The normalized spacial score (nSPS) is 11.2. The molecule has 7 heteroatoms. The molecule has 1 aromatic carbocycles. The number of hydrogen-bond donors (Lipinski definition) is 3. The summed E-state index contributed by atoms with van der Waals surface area (Å²) in [5.74, 6) is 0.197. The van der Waals surface area contributed by atoms with Gasteiger partial charge in [0.05, 0.1) is 17.4 Å². The van der Waals surface area contributed by atoms with Gasteiger partial charge in [0.2, 0.25) is 0 Å². The van der Waals surface area contributed by atoms with Gasteiger partial charge in [-0.2, -0.15) is 5.26 Å². The summed E-state index contributed by atoms with van der Waals surface area (Å²) in [7, 11) is 0. The lowest BCUT2D eigenvalue weighted by molar-refractivity contribution is 0.471. The van der Waals surface area contributed by atoms with E-state index in [4.69, 9.17) is 0 Å². The molecule has 0 fully saturated rings. The molecule has 140 valence electrons. The zero-order valence-corrected chi connectivity index (χ0v) is 15.8. The Hall–Kier alpha value is -4.18. The number of aromatic nitrogens is 5. The monoisotopic (exact) mass is 380 g/mol. The molecule has 5 rings (SSSR count). The maximum Gasteiger partial charge on any atom is 0.177 e. The minimum atomic E-state index is 0.197. The maximum atomic E-state index is 10.2. The summed E-state index contributed by atoms with van der Waals surface area (Å²) in [5, 5.41) is 20.8. The Balaban J connectivity index is 1.74. The first-order valence-electron chi connectivity index (χ1n) is 9.07. The number of hydrogen-bond acceptors (Lipinski definition) is 5. The molecule has 0 unspecified atom stereocenters. The van der Waals surface area contributed by atoms with Gasteiger partial charge in [0, 0.05) is 34.6 Å². The molecule has 0 radical (unpaired) electrons. The van der Waals surface area contributed by atoms with Crippen molar-refractivity contribution in [3.63, 3.8) is 0 Å². The van der Waals surface area contributed by atoms with E-state index in [2.05, 4.69) is 31.0 Å². The first-order chi connectivity index (χ1) is 14.1. The molecule has 0 aliphatic heterocycles. The van der Waals surface area contributed by atoms with Crippen molar-refractivity contribution in [2.75, 3.05) is 0 Å². The fourth-order valence-electron chi connectivity index (χ4n) is 3.77. The van der Waals surface area contributed by atoms with Crippen LogP contribution in [0, 0.1) is 25.2 Å². The summed E-state index contributed by atoms with van der Waals surface area (Å²) in [5.41, 5.74) is 7.56. The Labute approximate surface area is 165 Å². The van der Waals surface area contributed by atoms with Gasteiger partial charge in [-0.25, -0.2) is 15.0 Å². The number of rotatable bonds is 2. The number of aromatic hydroxyl groups is 1. The van der Waals surface area contributed by atoms with E-state index in [-0.39, 0.29) is 5.75 Å². The quantitative estimate of drug-likeness (QED) is 0.421. The van der Waals surface area contributed by atoms with Crippen molar-refractivity contribution in [1.29, 1.82) is 5.26 Å². The number of fused-ring (bicyclic) bond motifs is 2. The molecule has 0 spiro atoms. The number of phenolic OH excluding ortho intramolecular Hbond substituents is 1. The molecule has 0 aliphatic rings. The van der Waals surface area contributed by atoms with Crippen LogP contribution < -0.4 is 0 Å². The molecule has 0 amide bonds. The molecule has 4 heterocycles. The predicted octanol–water partition coefficient (Wildman–Crippen LogP) is 4.36. The average molecular weight is 380 g/mol. The summed E-state index contributed by atoms with van der Waals surface area (Å²) in [4.78, 5) is 19.4. The Morgan fingerprint density at radius 2 is 1.93 bits per heavy atom. The lowest BCUT2D eigenvalue weighted by Crippen LogP contribution is -1.94. The summed E-state index contributed by atoms with van der Waals surface area (Å²) in [6.07, 6.45) is 5.03. The van der Waals surface area contributed by atoms with Gasteiger partial charge >= 0.3 is 0 Å². The molecule has 0 saturated carbocycles. The lowest BCUT2D eigenvalue weighted by atomic mass is 9.92. The van der Waals surface area contributed by atoms with Crippen LogP contribution in [-0.4, -0.2) is 30.0 Å². The third kappa shape index (κ3) is 2.54. The van der Waals surface area contributed by atoms with Gasteiger partial charge in [-0.05, 0) is 48.7 Å². The summed E-state index contributed by atoms with van der Waals surface area (Å²) in [6.45, 7) is 3.80. The van der Waals surface area contributed by atoms with Crippen LogP contribution in [0.1, 0.15) is 16.7 Å². The van der Waals surface area contributed by atoms with Gasteiger partial charge in [0.1, 0.15) is 17.5 Å². The minimum absolute atomic E-state index is 0.197. The first-order valence-corrected chi connectivity index (χ1v) is 9.07. The van der Waals surface area contributed by atoms with Crippen molar-refractivity contribution >= 4 is 22.2 Å². The number of phenols is 1. The van der Waals surface area contributed by atoms with E-state index in [0.717, 1.165) is 38.9 Å². The lowest BCUT2D eigenvalue weighted by Gasteiger charge is -2.13. The summed E-state index contributed by atoms with van der Waals surface area (Å²) < 4.78 is 0. The second kappa shape index (κ2) is 6.17. The van der Waals surface area contributed by atoms with Gasteiger partial charge < -0.3 is 15.1 Å². The van der Waals surface area contributed by atoms with Gasteiger partial charge in [0.15, 0.2) is 5.65 Å². The molecule has 0 saturated heterocycles. The Bertz CT molecular complexity index is 1450. The van der Waals surface area contributed by atoms with Crippen molar-refractivity contribution in [2.45, 2.75) is 13.8 Å². The van der Waals surface area contributed by atoms with Crippen LogP contribution in [0.2, 0.25) is 0 Å². The van der Waals surface area contributed by atoms with E-state index < -0.39 is 0 Å². The highest BCUT2D eigenvalue weighted by atomic mass is 16.3. The van der Waals surface area contributed by atoms with E-state index in [9.17, 15) is 10.4 Å². The number of nitriles is 1. The van der Waals surface area contributed by atoms with Crippen LogP contribution in [0.15, 0.2) is 43.0 Å². The van der Waals surface area contributed by atoms with Crippen molar-refractivity contribution in [2.24, 2.45) is 0 Å². The zero-order chi connectivity index (χ0) is 20.1. The van der Waals surface area contributed by atoms with Crippen molar-refractivity contribution in [3.05, 3.63) is 59.7 Å². The number of aromatic amines is 2. The zero-order valence-electron chi connectivity index (χ0n) is 15.8. The number of benzene rings is 1. The second-order valence-corrected chi connectivity index (χ2v) is 7.00. The molecule has 0 aliphatic carbocycles. The predicted molar refractivity (Wildman–Crippen MR) is 110 cm³/mol. The van der Waals surface area contributed by atoms with E-state index in [0.29, 0.717) is 22.4 Å². The van der Waals surface area contributed by atoms with Crippen LogP contribution in [0.25, 0.3) is 44.6 Å². The van der Waals surface area contributed by atoms with Crippen LogP contribution in [-0.2, 0) is 0 Å². The van der Waals surface area contributed by atoms with Crippen molar-refractivity contribution in [1.82, 2.24) is 24.9 Å². The molecule has 7 nitrogen and oxygen atoms in total. The van der Waals surface area contributed by atoms with Gasteiger partial charge in [-0.1, -0.05) is 6.07 Å². The van der Waals surface area contributed by atoms with E-state index >= 15 is 0 Å². The summed E-state index contributed by atoms with van der Waals surface area (Å²) in [6, 6.07) is 9.71. The highest BCUT2D eigenvalue weighted by molar-refractivity contribution is 5.95. The van der Waals surface area contributed by atoms with Gasteiger partial charge in [-0.15, -0.1) is 0 Å². The molecule has 5 aromatic rings. The topological polar surface area (TPSA) is 114 Å². The number of pyridine rings is 2. The minimum Gasteiger partial charge on any atom is -0.508 e. The van der Waals surface area contributed by atoms with Crippen molar-refractivity contribution < 1.29 is 5.11 Å². The Morgan fingerprint density at radius 3 is 2.76 bits per heavy atom. The molecule has 29 heavy (non-hydrogen) atoms. The van der Waals surface area contributed by atoms with E-state index in [1.54, 1.807) is 24.8 Å². The molecule has 3 N–H and O–H groups in total. The molecule has 0 atom stereocenters. The number of nitrogens with one attached hydrogen (secondary N) is 2. The smallest absolute Gasteiger partial charge is 0.177 e. The maximum absolute atomic E-state index is 10.2. The highest BCUT2D eigenvalue weighted by Crippen LogP contribution is 2.37. The summed E-state index contributed by atoms with van der Waals surface area (Å²) >= 11 is 0. The third-order valence-electron chi connectivity index (χ3n) is 5.27. The Kier molecular flexibility index (Phi) is 3.61. The van der Waals surface area contributed by atoms with Gasteiger partial charge in [-0.3, -0.25) is 0 Å².